The average molecular weight is 1470 g/mol. The average Bonchev–Trinajstić information content (AvgIpc) is 1.80. The number of hydrogen-bond acceptors (Lipinski definition) is 17. The molecule has 0 saturated carbocycles. The fraction of sp³-hybridized carbons (Fsp3) is 0.0635. The van der Waals surface area contributed by atoms with Crippen molar-refractivity contribution < 1.29 is 28.8 Å². The maximum absolute atomic E-state index is 12.7. The Morgan fingerprint density at radius 2 is 1.03 bits per heavy atom. The van der Waals surface area contributed by atoms with Crippen LogP contribution in [0.4, 0.5) is 5.69 Å². The van der Waals surface area contributed by atoms with Gasteiger partial charge in [0, 0.05) is 64.4 Å². The van der Waals surface area contributed by atoms with Crippen LogP contribution in [0.1, 0.15) is 17.0 Å². The monoisotopic (exact) mass is 1460 g/mol. The molecule has 0 bridgehead atoms. The number of nitrogens with one attached hydrogen (secondary N) is 1. The summed E-state index contributed by atoms with van der Waals surface area (Å²) in [5.41, 5.74) is 12.0. The van der Waals surface area contributed by atoms with Crippen LogP contribution in [0.2, 0.25) is 5.02 Å². The molecule has 15 rings (SSSR count). The molecule has 11 aromatic heterocycles. The minimum absolute atomic E-state index is 0. The number of sulfonamides is 1. The van der Waals surface area contributed by atoms with Crippen molar-refractivity contribution in [2.45, 2.75) is 20.8 Å². The van der Waals surface area contributed by atoms with Crippen molar-refractivity contribution in [3.05, 3.63) is 216 Å². The van der Waals surface area contributed by atoms with Crippen LogP contribution >= 0.6 is 11.6 Å². The number of para-hydroxylation sites is 2. The molecule has 91 heavy (non-hydrogen) atoms. The molecule has 0 unspecified atom stereocenters. The summed E-state index contributed by atoms with van der Waals surface area (Å²) in [5.74, 6) is -0.936. The van der Waals surface area contributed by atoms with E-state index in [2.05, 4.69) is 60.0 Å². The van der Waals surface area contributed by atoms with E-state index < -0.39 is 10.0 Å². The van der Waals surface area contributed by atoms with Gasteiger partial charge in [-0.15, -0.1) is 0 Å². The van der Waals surface area contributed by atoms with E-state index in [1.54, 1.807) is 74.0 Å². The molecule has 28 heteroatoms. The number of nitrogens with zero attached hydrogens (tertiary/aromatic N) is 15. The Bertz CT molecular complexity index is 5180. The number of aryl methyl sites for hydroxylation is 2. The van der Waals surface area contributed by atoms with Gasteiger partial charge in [0.1, 0.15) is 10.7 Å². The molecule has 0 aliphatic heterocycles. The van der Waals surface area contributed by atoms with Crippen molar-refractivity contribution in [1.29, 1.82) is 0 Å². The van der Waals surface area contributed by atoms with E-state index in [4.69, 9.17) is 11.6 Å². The summed E-state index contributed by atoms with van der Waals surface area (Å²) in [5, 5.41) is 68.1. The number of benzene rings is 4. The number of anilines is 1. The van der Waals surface area contributed by atoms with Crippen molar-refractivity contribution in [3.63, 3.8) is 0 Å². The molecule has 0 amide bonds. The summed E-state index contributed by atoms with van der Waals surface area (Å²) in [6, 6.07) is 52.5. The first kappa shape index (κ1) is 68.0. The zero-order valence-electron chi connectivity index (χ0n) is 48.7. The van der Waals surface area contributed by atoms with Crippen molar-refractivity contribution >= 4 is 151 Å². The summed E-state index contributed by atoms with van der Waals surface area (Å²) in [6.45, 7) is 5.45. The van der Waals surface area contributed by atoms with Crippen LogP contribution in [-0.4, -0.2) is 167 Å². The Labute approximate surface area is 576 Å². The minimum Gasteiger partial charge on any atom is -0.858 e. The van der Waals surface area contributed by atoms with Crippen molar-refractivity contribution in [1.82, 2.24) is 73.3 Å². The second kappa shape index (κ2) is 28.9. The maximum Gasteiger partial charge on any atom is 3.00 e. The van der Waals surface area contributed by atoms with Gasteiger partial charge in [0.25, 0.3) is 0 Å². The van der Waals surface area contributed by atoms with Gasteiger partial charge in [0.15, 0.2) is 22.6 Å². The first-order valence-corrected chi connectivity index (χ1v) is 28.9. The second-order valence-corrected chi connectivity index (χ2v) is 21.7. The van der Waals surface area contributed by atoms with Gasteiger partial charge in [-0.05, 0) is 92.7 Å². The van der Waals surface area contributed by atoms with Gasteiger partial charge in [-0.25, -0.2) is 46.4 Å². The van der Waals surface area contributed by atoms with Gasteiger partial charge in [0.2, 0.25) is 10.0 Å². The fourth-order valence-corrected chi connectivity index (χ4v) is 10.4. The molecule has 0 saturated heterocycles. The van der Waals surface area contributed by atoms with E-state index in [9.17, 15) is 28.8 Å². The van der Waals surface area contributed by atoms with E-state index in [0.717, 1.165) is 40.0 Å². The third kappa shape index (κ3) is 14.2. The zero-order chi connectivity index (χ0) is 60.5. The van der Waals surface area contributed by atoms with Crippen molar-refractivity contribution in [2.24, 2.45) is 0 Å². The Hall–Kier alpha value is -8.88. The Kier molecular flexibility index (Phi) is 21.6. The maximum atomic E-state index is 12.7. The van der Waals surface area contributed by atoms with Gasteiger partial charge in [-0.1, -0.05) is 121 Å². The third-order valence-corrected chi connectivity index (χ3v) is 14.5. The molecule has 0 radical (unpaired) electrons. The van der Waals surface area contributed by atoms with Gasteiger partial charge in [-0.3, -0.25) is 19.7 Å². The zero-order valence-corrected chi connectivity index (χ0v) is 60.0. The standard InChI is InChI=1S/C17H11ClN4O.C17H14N4O3S.C16H12N4O.C13H12N4O.4Ga/c18-15-16(11-6-2-1-3-7-11)21-22-14(23)10-13(20-17(15)22)12-8-4-5-9-19-12;1-25(23,24)20-13-9-5-8-12-16(13)18-15-10-14(19-21(15)17(12)22)11-6-3-2-4-7-11;1-10-14(13-8-4-5-9-17-13)15-18-12-7-3-2-6-11(12)16(21)20(15)19-10;1-8-7-11-15-12(10-5-3-4-6-14-10)9(2)13(18)17(11)16-8;;;;/h1-10,23H;2-10,20,22H,1H3;2-9,21H,1H3;3-7,18H,1-2H3;;;;/q;;;;4*+3/p-4. The molecule has 0 atom stereocenters. The Morgan fingerprint density at radius 1 is 0.462 bits per heavy atom. The summed E-state index contributed by atoms with van der Waals surface area (Å²) in [4.78, 5) is 30.8. The van der Waals surface area contributed by atoms with Gasteiger partial charge in [0.05, 0.1) is 74.1 Å². The van der Waals surface area contributed by atoms with Gasteiger partial charge >= 0.3 is 79.2 Å². The summed E-state index contributed by atoms with van der Waals surface area (Å²) in [7, 11) is -3.49. The second-order valence-electron chi connectivity index (χ2n) is 19.6. The van der Waals surface area contributed by atoms with Crippen molar-refractivity contribution in [3.8, 4) is 80.1 Å². The summed E-state index contributed by atoms with van der Waals surface area (Å²) >= 11 is 6.42. The van der Waals surface area contributed by atoms with Crippen LogP contribution in [0.25, 0.3) is 101 Å². The topological polar surface area (TPSA) is 298 Å². The molecule has 22 nitrogen and oxygen atoms in total. The predicted molar refractivity (Wildman–Crippen MR) is 346 cm³/mol. The molecule has 4 aromatic carbocycles. The SMILES string of the molecule is CS(=O)(=O)Nc1cccc2c([O-])n3nc(-c4ccccc4)cc3nc12.Cc1cc2nc(-c3ccccn3)c(C)c([O-])n2n1.Cc1nn2c([O-])c3ccccc3nc2c1-c1ccccn1.[Ga+3].[Ga+3].[Ga+3].[Ga+3].[O-]c1cc(-c2ccccn2)nc2c(Cl)c(-c3ccccc3)nn12. The molecule has 15 aromatic rings. The summed E-state index contributed by atoms with van der Waals surface area (Å²) < 4.78 is 30.6. The molecule has 1 N–H and O–H groups in total. The molecular formula is C63H45ClGa4N16O6S+8. The molecule has 430 valence electrons. The van der Waals surface area contributed by atoms with E-state index in [0.29, 0.717) is 89.1 Å². The quantitative estimate of drug-likeness (QED) is 0.151. The summed E-state index contributed by atoms with van der Waals surface area (Å²) in [6.07, 6.45) is 6.11. The normalized spacial score (nSPS) is 10.8. The first-order chi connectivity index (χ1) is 42.1. The molecule has 0 fully saturated rings. The van der Waals surface area contributed by atoms with E-state index in [1.165, 1.54) is 24.1 Å². The Morgan fingerprint density at radius 3 is 1.68 bits per heavy atom. The first-order valence-electron chi connectivity index (χ1n) is 26.7. The molecule has 0 aliphatic carbocycles. The van der Waals surface area contributed by atoms with Crippen LogP contribution < -0.4 is 25.1 Å². The number of halogens is 1. The predicted octanol–water partition coefficient (Wildman–Crippen LogP) is 7.46. The van der Waals surface area contributed by atoms with E-state index in [1.807, 2.05) is 135 Å². The molecule has 11 heterocycles. The smallest absolute Gasteiger partial charge is 0.858 e. The van der Waals surface area contributed by atoms with Gasteiger partial charge < -0.3 is 20.4 Å². The van der Waals surface area contributed by atoms with Crippen LogP contribution in [0, 0.1) is 20.8 Å². The van der Waals surface area contributed by atoms with Crippen LogP contribution in [0.15, 0.2) is 195 Å². The van der Waals surface area contributed by atoms with Gasteiger partial charge in [-0.2, -0.15) is 20.4 Å². The fourth-order valence-electron chi connectivity index (χ4n) is 9.56. The Balaban J connectivity index is 0.000000155. The molecule has 0 spiro atoms. The largest absolute Gasteiger partial charge is 3.00 e. The van der Waals surface area contributed by atoms with E-state index >= 15 is 0 Å². The van der Waals surface area contributed by atoms with Crippen LogP contribution in [0.3, 0.4) is 0 Å². The number of aromatic nitrogens is 15. The van der Waals surface area contributed by atoms with Crippen LogP contribution in [0.5, 0.6) is 23.5 Å². The number of fused-ring (bicyclic) bond motifs is 6. The number of pyridine rings is 3. The van der Waals surface area contributed by atoms with Crippen LogP contribution in [-0.2, 0) is 10.0 Å². The number of hydrogen-bond donors (Lipinski definition) is 1. The molecule has 0 aliphatic rings. The van der Waals surface area contributed by atoms with E-state index in [-0.39, 0.29) is 108 Å². The minimum atomic E-state index is -3.49. The third-order valence-electron chi connectivity index (χ3n) is 13.5. The molecular weight excluding hydrogens is 1420 g/mol. The number of rotatable bonds is 7. The van der Waals surface area contributed by atoms with Crippen molar-refractivity contribution in [2.75, 3.05) is 11.0 Å².